The number of hydrogen-bond donors (Lipinski definition) is 2. The normalized spacial score (nSPS) is 18.6. The third-order valence-electron chi connectivity index (χ3n) is 2.82. The Morgan fingerprint density at radius 1 is 1.50 bits per heavy atom. The molecule has 1 aliphatic heterocycles. The van der Waals surface area contributed by atoms with Gasteiger partial charge in [0.2, 0.25) is 0 Å². The molecule has 1 atom stereocenters. The zero-order valence-electron chi connectivity index (χ0n) is 11.4. The number of ether oxygens (including phenoxy) is 1. The maximum absolute atomic E-state index is 12.1. The average Bonchev–Trinajstić information content (AvgIpc) is 2.64. The molecule has 0 aromatic carbocycles. The first-order chi connectivity index (χ1) is 9.19. The molecular weight excluding hydrogens is 377 g/mol. The third kappa shape index (κ3) is 3.05. The van der Waals surface area contributed by atoms with Crippen molar-refractivity contribution in [2.75, 3.05) is 6.54 Å². The molecule has 20 heavy (non-hydrogen) atoms. The quantitative estimate of drug-likeness (QED) is 0.711. The Labute approximate surface area is 129 Å². The Kier molecular flexibility index (Phi) is 3.94. The van der Waals surface area contributed by atoms with Gasteiger partial charge in [-0.1, -0.05) is 0 Å². The summed E-state index contributed by atoms with van der Waals surface area (Å²) in [6.07, 6.45) is -0.0949. The molecule has 1 aliphatic rings. The molecule has 0 unspecified atom stereocenters. The number of rotatable bonds is 1. The number of carboxylic acids is 1. The Bertz CT molecular complexity index is 549. The summed E-state index contributed by atoms with van der Waals surface area (Å²) in [6.45, 7) is 5.52. The van der Waals surface area contributed by atoms with E-state index in [1.165, 1.54) is 4.90 Å². The molecule has 1 aromatic heterocycles. The number of carboxylic acid groups (broad SMARTS) is 1. The molecule has 0 saturated carbocycles. The summed E-state index contributed by atoms with van der Waals surface area (Å²) in [4.78, 5) is 32.1. The SMILES string of the molecule is CC(C)(C)OC(=O)N1CCc2[nH]c(I)nc2[C@H]1C(=O)O. The van der Waals surface area contributed by atoms with Gasteiger partial charge in [0, 0.05) is 18.7 Å². The van der Waals surface area contributed by atoms with Crippen LogP contribution < -0.4 is 0 Å². The first-order valence-corrected chi connectivity index (χ1v) is 7.23. The van der Waals surface area contributed by atoms with Gasteiger partial charge >= 0.3 is 12.1 Å². The maximum atomic E-state index is 12.1. The number of amides is 1. The fourth-order valence-corrected chi connectivity index (χ4v) is 2.67. The van der Waals surface area contributed by atoms with Crippen LogP contribution in [0.15, 0.2) is 0 Å². The molecule has 0 spiro atoms. The second-order valence-electron chi connectivity index (χ2n) is 5.56. The van der Waals surface area contributed by atoms with Crippen molar-refractivity contribution in [1.82, 2.24) is 14.9 Å². The molecule has 1 aromatic rings. The number of carbonyl (C=O) groups is 2. The van der Waals surface area contributed by atoms with Crippen LogP contribution in [0.4, 0.5) is 4.79 Å². The molecule has 2 rings (SSSR count). The monoisotopic (exact) mass is 393 g/mol. The van der Waals surface area contributed by atoms with Crippen LogP contribution in [0.25, 0.3) is 0 Å². The summed E-state index contributed by atoms with van der Waals surface area (Å²) in [5.41, 5.74) is 0.487. The minimum absolute atomic E-state index is 0.289. The number of nitrogens with zero attached hydrogens (tertiary/aromatic N) is 2. The molecule has 8 heteroatoms. The van der Waals surface area contributed by atoms with E-state index in [4.69, 9.17) is 4.74 Å². The molecule has 2 N–H and O–H groups in total. The van der Waals surface area contributed by atoms with Gasteiger partial charge in [0.25, 0.3) is 0 Å². The summed E-state index contributed by atoms with van der Waals surface area (Å²) in [6, 6.07) is -1.10. The number of nitrogens with one attached hydrogen (secondary N) is 1. The van der Waals surface area contributed by atoms with Crippen molar-refractivity contribution in [3.05, 3.63) is 15.2 Å². The lowest BCUT2D eigenvalue weighted by molar-refractivity contribution is -0.144. The highest BCUT2D eigenvalue weighted by molar-refractivity contribution is 14.1. The highest BCUT2D eigenvalue weighted by Crippen LogP contribution is 2.30. The molecule has 7 nitrogen and oxygen atoms in total. The predicted molar refractivity (Wildman–Crippen MR) is 78.3 cm³/mol. The van der Waals surface area contributed by atoms with Crippen molar-refractivity contribution in [2.45, 2.75) is 38.8 Å². The molecule has 2 heterocycles. The van der Waals surface area contributed by atoms with Crippen LogP contribution in [-0.4, -0.2) is 44.2 Å². The lowest BCUT2D eigenvalue weighted by atomic mass is 10.0. The van der Waals surface area contributed by atoms with Crippen molar-refractivity contribution in [3.63, 3.8) is 0 Å². The first-order valence-electron chi connectivity index (χ1n) is 6.16. The second kappa shape index (κ2) is 5.23. The molecule has 1 amide bonds. The van der Waals surface area contributed by atoms with Crippen LogP contribution in [0.2, 0.25) is 0 Å². The van der Waals surface area contributed by atoms with Gasteiger partial charge in [-0.15, -0.1) is 0 Å². The Balaban J connectivity index is 2.31. The van der Waals surface area contributed by atoms with E-state index in [1.807, 2.05) is 22.6 Å². The Morgan fingerprint density at radius 3 is 2.70 bits per heavy atom. The van der Waals surface area contributed by atoms with Gasteiger partial charge in [-0.25, -0.2) is 14.6 Å². The lowest BCUT2D eigenvalue weighted by Gasteiger charge is -2.33. The van der Waals surface area contributed by atoms with Gasteiger partial charge in [-0.05, 0) is 43.4 Å². The van der Waals surface area contributed by atoms with Crippen molar-refractivity contribution in [3.8, 4) is 0 Å². The fraction of sp³-hybridized carbons (Fsp3) is 0.583. The van der Waals surface area contributed by atoms with E-state index in [0.717, 1.165) is 5.69 Å². The van der Waals surface area contributed by atoms with Crippen molar-refractivity contribution in [2.24, 2.45) is 0 Å². The fourth-order valence-electron chi connectivity index (χ4n) is 2.08. The van der Waals surface area contributed by atoms with E-state index >= 15 is 0 Å². The summed E-state index contributed by atoms with van der Waals surface area (Å²) in [7, 11) is 0. The molecule has 0 radical (unpaired) electrons. The van der Waals surface area contributed by atoms with Gasteiger partial charge < -0.3 is 14.8 Å². The number of carbonyl (C=O) groups excluding carboxylic acids is 1. The highest BCUT2D eigenvalue weighted by Gasteiger charge is 2.40. The van der Waals surface area contributed by atoms with Crippen LogP contribution in [-0.2, 0) is 16.0 Å². The number of fused-ring (bicyclic) bond motifs is 1. The predicted octanol–water partition coefficient (Wildman–Crippen LogP) is 1.93. The standard InChI is InChI=1S/C12H16IN3O4/c1-12(2,3)20-11(19)16-5-4-6-7(8(16)9(17)18)15-10(13)14-6/h8H,4-5H2,1-3H3,(H,14,15)(H,17,18)/t8-/m0/s1. The molecule has 0 bridgehead atoms. The molecule has 0 saturated heterocycles. The van der Waals surface area contributed by atoms with Gasteiger partial charge in [0.05, 0.1) is 5.69 Å². The molecule has 0 aliphatic carbocycles. The molecular formula is C12H16IN3O4. The van der Waals surface area contributed by atoms with Crippen molar-refractivity contribution < 1.29 is 19.4 Å². The zero-order chi connectivity index (χ0) is 15.1. The van der Waals surface area contributed by atoms with E-state index in [9.17, 15) is 14.7 Å². The Hall–Kier alpha value is -1.32. The van der Waals surface area contributed by atoms with Crippen LogP contribution >= 0.6 is 22.6 Å². The number of H-pyrrole nitrogens is 1. The van der Waals surface area contributed by atoms with Crippen LogP contribution in [0.3, 0.4) is 0 Å². The van der Waals surface area contributed by atoms with Gasteiger partial charge in [0.1, 0.15) is 5.60 Å². The van der Waals surface area contributed by atoms with E-state index in [1.54, 1.807) is 20.8 Å². The number of aromatic nitrogens is 2. The number of aromatic amines is 1. The van der Waals surface area contributed by atoms with Crippen LogP contribution in [0.5, 0.6) is 0 Å². The van der Waals surface area contributed by atoms with Crippen molar-refractivity contribution in [1.29, 1.82) is 0 Å². The van der Waals surface area contributed by atoms with E-state index in [2.05, 4.69) is 9.97 Å². The number of aliphatic carboxylic acids is 1. The summed E-state index contributed by atoms with van der Waals surface area (Å²) >= 11 is 1.99. The van der Waals surface area contributed by atoms with Gasteiger partial charge in [0.15, 0.2) is 9.87 Å². The maximum Gasteiger partial charge on any atom is 0.411 e. The Morgan fingerprint density at radius 2 is 2.15 bits per heavy atom. The molecule has 110 valence electrons. The van der Waals surface area contributed by atoms with E-state index < -0.39 is 23.7 Å². The first kappa shape index (κ1) is 15.1. The number of hydrogen-bond acceptors (Lipinski definition) is 4. The third-order valence-corrected chi connectivity index (χ3v) is 3.33. The summed E-state index contributed by atoms with van der Waals surface area (Å²) < 4.78 is 5.88. The van der Waals surface area contributed by atoms with Gasteiger partial charge in [-0.2, -0.15) is 0 Å². The smallest absolute Gasteiger partial charge is 0.411 e. The lowest BCUT2D eigenvalue weighted by Crippen LogP contribution is -2.45. The minimum Gasteiger partial charge on any atom is -0.479 e. The average molecular weight is 393 g/mol. The minimum atomic E-state index is -1.11. The number of imidazole rings is 1. The molecule has 0 fully saturated rings. The van der Waals surface area contributed by atoms with E-state index in [-0.39, 0.29) is 6.54 Å². The van der Waals surface area contributed by atoms with E-state index in [0.29, 0.717) is 15.9 Å². The largest absolute Gasteiger partial charge is 0.479 e. The zero-order valence-corrected chi connectivity index (χ0v) is 13.6. The summed E-state index contributed by atoms with van der Waals surface area (Å²) in [5.74, 6) is -1.11. The van der Waals surface area contributed by atoms with Crippen LogP contribution in [0, 0.1) is 3.83 Å². The topological polar surface area (TPSA) is 95.5 Å². The van der Waals surface area contributed by atoms with Crippen LogP contribution in [0.1, 0.15) is 38.2 Å². The van der Waals surface area contributed by atoms with Gasteiger partial charge in [-0.3, -0.25) is 4.90 Å². The summed E-state index contributed by atoms with van der Waals surface area (Å²) in [5, 5.41) is 9.41. The highest BCUT2D eigenvalue weighted by atomic mass is 127. The van der Waals surface area contributed by atoms with Crippen molar-refractivity contribution >= 4 is 34.7 Å². The number of halogens is 1. The second-order valence-corrected chi connectivity index (χ2v) is 6.58.